The van der Waals surface area contributed by atoms with Crippen molar-refractivity contribution < 1.29 is 12.8 Å². The molecule has 1 aliphatic rings. The second-order valence-corrected chi connectivity index (χ2v) is 7.29. The van der Waals surface area contributed by atoms with Gasteiger partial charge >= 0.3 is 0 Å². The normalized spacial score (nSPS) is 24.8. The summed E-state index contributed by atoms with van der Waals surface area (Å²) in [6.45, 7) is 1.86. The number of rotatable bonds is 2. The largest absolute Gasteiger partial charge is 0.229 e. The van der Waals surface area contributed by atoms with E-state index in [9.17, 15) is 12.8 Å². The smallest absolute Gasteiger partial charge is 0.150 e. The van der Waals surface area contributed by atoms with E-state index >= 15 is 0 Å². The molecule has 0 spiro atoms. The number of benzene rings is 1. The van der Waals surface area contributed by atoms with Crippen LogP contribution in [0.2, 0.25) is 0 Å². The lowest BCUT2D eigenvalue weighted by Gasteiger charge is -2.17. The van der Waals surface area contributed by atoms with Gasteiger partial charge in [-0.2, -0.15) is 0 Å². The van der Waals surface area contributed by atoms with Crippen LogP contribution in [0, 0.1) is 18.7 Å². The Labute approximate surface area is 106 Å². The zero-order valence-electron chi connectivity index (χ0n) is 9.49. The highest BCUT2D eigenvalue weighted by Gasteiger charge is 2.34. The number of halogens is 2. The predicted molar refractivity (Wildman–Crippen MR) is 66.5 cm³/mol. The molecule has 0 bridgehead atoms. The summed E-state index contributed by atoms with van der Waals surface area (Å²) >= 11 is 6.21. The van der Waals surface area contributed by atoms with Crippen molar-refractivity contribution in [2.24, 2.45) is 5.92 Å². The van der Waals surface area contributed by atoms with E-state index in [1.54, 1.807) is 12.1 Å². The zero-order chi connectivity index (χ0) is 12.6. The van der Waals surface area contributed by atoms with Gasteiger partial charge in [0.15, 0.2) is 9.84 Å². The summed E-state index contributed by atoms with van der Waals surface area (Å²) in [5, 5.41) is -0.563. The van der Waals surface area contributed by atoms with E-state index in [-0.39, 0.29) is 23.2 Å². The summed E-state index contributed by atoms with van der Waals surface area (Å²) < 4.78 is 36.4. The van der Waals surface area contributed by atoms with E-state index in [1.165, 1.54) is 6.07 Å². The number of hydrogen-bond donors (Lipinski definition) is 0. The third-order valence-electron chi connectivity index (χ3n) is 3.13. The van der Waals surface area contributed by atoms with Gasteiger partial charge in [0, 0.05) is 5.56 Å². The molecule has 1 heterocycles. The molecular weight excluding hydrogens is 263 g/mol. The summed E-state index contributed by atoms with van der Waals surface area (Å²) in [7, 11) is -2.98. The van der Waals surface area contributed by atoms with Crippen LogP contribution in [0.4, 0.5) is 4.39 Å². The SMILES string of the molecule is Cc1ccc(F)c(C(Cl)C2CCS(=O)(=O)C2)c1. The van der Waals surface area contributed by atoms with Gasteiger partial charge in [-0.15, -0.1) is 11.6 Å². The molecule has 2 rings (SSSR count). The minimum atomic E-state index is -2.98. The van der Waals surface area contributed by atoms with Gasteiger partial charge in [0.2, 0.25) is 0 Å². The maximum absolute atomic E-state index is 13.6. The van der Waals surface area contributed by atoms with Gasteiger partial charge in [-0.3, -0.25) is 0 Å². The molecule has 0 saturated carbocycles. The number of aryl methyl sites for hydroxylation is 1. The van der Waals surface area contributed by atoms with E-state index in [0.717, 1.165) is 5.56 Å². The van der Waals surface area contributed by atoms with Gasteiger partial charge in [-0.1, -0.05) is 17.7 Å². The molecule has 1 saturated heterocycles. The van der Waals surface area contributed by atoms with Crippen molar-refractivity contribution in [1.29, 1.82) is 0 Å². The van der Waals surface area contributed by atoms with Crippen LogP contribution in [0.15, 0.2) is 18.2 Å². The predicted octanol–water partition coefficient (Wildman–Crippen LogP) is 2.85. The molecule has 0 aliphatic carbocycles. The van der Waals surface area contributed by atoms with Crippen molar-refractivity contribution in [3.05, 3.63) is 35.1 Å². The first-order chi connectivity index (χ1) is 7.89. The van der Waals surface area contributed by atoms with Crippen LogP contribution in [0.5, 0.6) is 0 Å². The van der Waals surface area contributed by atoms with Crippen molar-refractivity contribution in [2.75, 3.05) is 11.5 Å². The van der Waals surface area contributed by atoms with Crippen molar-refractivity contribution in [2.45, 2.75) is 18.7 Å². The van der Waals surface area contributed by atoms with Crippen LogP contribution in [-0.4, -0.2) is 19.9 Å². The summed E-state index contributed by atoms with van der Waals surface area (Å²) in [5.41, 5.74) is 1.33. The molecule has 0 N–H and O–H groups in total. The van der Waals surface area contributed by atoms with Crippen LogP contribution in [0.25, 0.3) is 0 Å². The molecule has 0 radical (unpaired) electrons. The van der Waals surface area contributed by atoms with Crippen molar-refractivity contribution >= 4 is 21.4 Å². The van der Waals surface area contributed by atoms with Gasteiger partial charge in [0.1, 0.15) is 5.82 Å². The first kappa shape index (κ1) is 12.8. The fourth-order valence-corrected chi connectivity index (χ4v) is 4.51. The average molecular weight is 277 g/mol. The number of hydrogen-bond acceptors (Lipinski definition) is 2. The second-order valence-electron chi connectivity index (χ2n) is 4.59. The monoisotopic (exact) mass is 276 g/mol. The highest BCUT2D eigenvalue weighted by molar-refractivity contribution is 7.91. The van der Waals surface area contributed by atoms with Gasteiger partial charge in [0.25, 0.3) is 0 Å². The fourth-order valence-electron chi connectivity index (χ4n) is 2.18. The van der Waals surface area contributed by atoms with Crippen LogP contribution < -0.4 is 0 Å². The minimum Gasteiger partial charge on any atom is -0.229 e. The Morgan fingerprint density at radius 2 is 2.18 bits per heavy atom. The summed E-state index contributed by atoms with van der Waals surface area (Å²) in [4.78, 5) is 0. The lowest BCUT2D eigenvalue weighted by Crippen LogP contribution is -2.11. The lowest BCUT2D eigenvalue weighted by atomic mass is 9.97. The second kappa shape index (κ2) is 4.58. The lowest BCUT2D eigenvalue weighted by molar-refractivity contribution is 0.535. The summed E-state index contributed by atoms with van der Waals surface area (Å²) in [6.07, 6.45) is 0.518. The molecule has 1 aromatic carbocycles. The first-order valence-electron chi connectivity index (χ1n) is 5.49. The van der Waals surface area contributed by atoms with E-state index in [2.05, 4.69) is 0 Å². The highest BCUT2D eigenvalue weighted by Crippen LogP contribution is 2.37. The zero-order valence-corrected chi connectivity index (χ0v) is 11.1. The third kappa shape index (κ3) is 2.80. The topological polar surface area (TPSA) is 34.1 Å². The standard InChI is InChI=1S/C12H14ClFO2S/c1-8-2-3-11(14)10(6-8)12(13)9-4-5-17(15,16)7-9/h2-3,6,9,12H,4-5,7H2,1H3. The minimum absolute atomic E-state index is 0.0640. The van der Waals surface area contributed by atoms with Gasteiger partial charge in [-0.05, 0) is 25.3 Å². The van der Waals surface area contributed by atoms with E-state index in [0.29, 0.717) is 12.0 Å². The van der Waals surface area contributed by atoms with Gasteiger partial charge in [-0.25, -0.2) is 12.8 Å². The quantitative estimate of drug-likeness (QED) is 0.779. The van der Waals surface area contributed by atoms with Crippen molar-refractivity contribution in [3.63, 3.8) is 0 Å². The van der Waals surface area contributed by atoms with Gasteiger partial charge in [0.05, 0.1) is 16.9 Å². The molecule has 2 unspecified atom stereocenters. The Balaban J connectivity index is 2.26. The van der Waals surface area contributed by atoms with Crippen LogP contribution in [0.1, 0.15) is 22.9 Å². The van der Waals surface area contributed by atoms with Gasteiger partial charge < -0.3 is 0 Å². The molecule has 2 atom stereocenters. The molecule has 17 heavy (non-hydrogen) atoms. The van der Waals surface area contributed by atoms with Crippen LogP contribution in [0.3, 0.4) is 0 Å². The van der Waals surface area contributed by atoms with Crippen molar-refractivity contribution in [1.82, 2.24) is 0 Å². The molecular formula is C12H14ClFO2S. The Morgan fingerprint density at radius 1 is 1.47 bits per heavy atom. The van der Waals surface area contributed by atoms with E-state index < -0.39 is 15.2 Å². The Morgan fingerprint density at radius 3 is 2.76 bits per heavy atom. The molecule has 1 fully saturated rings. The van der Waals surface area contributed by atoms with E-state index in [1.807, 2.05) is 6.92 Å². The first-order valence-corrected chi connectivity index (χ1v) is 7.75. The Kier molecular flexibility index (Phi) is 3.46. The van der Waals surface area contributed by atoms with E-state index in [4.69, 9.17) is 11.6 Å². The number of alkyl halides is 1. The maximum atomic E-state index is 13.6. The van der Waals surface area contributed by atoms with Crippen LogP contribution in [-0.2, 0) is 9.84 Å². The molecule has 1 aromatic rings. The fraction of sp³-hybridized carbons (Fsp3) is 0.500. The summed E-state index contributed by atoms with van der Waals surface area (Å²) in [6, 6.07) is 4.75. The third-order valence-corrected chi connectivity index (χ3v) is 5.52. The summed E-state index contributed by atoms with van der Waals surface area (Å²) in [5.74, 6) is -0.319. The molecule has 1 aliphatic heterocycles. The number of sulfone groups is 1. The van der Waals surface area contributed by atoms with Crippen LogP contribution >= 0.6 is 11.6 Å². The average Bonchev–Trinajstić information content (AvgIpc) is 2.61. The molecule has 5 heteroatoms. The van der Waals surface area contributed by atoms with Crippen molar-refractivity contribution in [3.8, 4) is 0 Å². The Hall–Kier alpha value is -0.610. The molecule has 0 aromatic heterocycles. The molecule has 0 amide bonds. The molecule has 94 valence electrons. The highest BCUT2D eigenvalue weighted by atomic mass is 35.5. The maximum Gasteiger partial charge on any atom is 0.150 e. The Bertz CT molecular complexity index is 527. The molecule has 2 nitrogen and oxygen atoms in total.